The highest BCUT2D eigenvalue weighted by atomic mass is 32.2. The molecule has 2 aromatic carbocycles. The SMILES string of the molecule is Cc1cccc2c(-c3c(C)n(CC(=O)O)c4ccc(C[SH](=O)=O)cc34)ccnc12. The van der Waals surface area contributed by atoms with Crippen molar-refractivity contribution in [1.82, 2.24) is 9.55 Å². The lowest BCUT2D eigenvalue weighted by molar-refractivity contribution is -0.137. The molecule has 148 valence electrons. The van der Waals surface area contributed by atoms with E-state index in [1.807, 2.05) is 44.2 Å². The third-order valence-electron chi connectivity index (χ3n) is 5.23. The fourth-order valence-corrected chi connectivity index (χ4v) is 4.49. The first-order valence-electron chi connectivity index (χ1n) is 9.17. The predicted octanol–water partition coefficient (Wildman–Crippen LogP) is 3.67. The summed E-state index contributed by atoms with van der Waals surface area (Å²) in [6.45, 7) is 3.73. The number of thiol groups is 1. The zero-order chi connectivity index (χ0) is 20.7. The van der Waals surface area contributed by atoms with Crippen LogP contribution in [-0.4, -0.2) is 29.0 Å². The first-order chi connectivity index (χ1) is 13.9. The van der Waals surface area contributed by atoms with Crippen molar-refractivity contribution in [3.05, 3.63) is 65.5 Å². The Morgan fingerprint density at radius 1 is 1.10 bits per heavy atom. The zero-order valence-electron chi connectivity index (χ0n) is 16.0. The van der Waals surface area contributed by atoms with Crippen LogP contribution in [0.5, 0.6) is 0 Å². The molecule has 0 aliphatic heterocycles. The Morgan fingerprint density at radius 3 is 2.62 bits per heavy atom. The Labute approximate surface area is 169 Å². The van der Waals surface area contributed by atoms with E-state index in [-0.39, 0.29) is 12.3 Å². The first-order valence-corrected chi connectivity index (χ1v) is 10.5. The zero-order valence-corrected chi connectivity index (χ0v) is 16.9. The van der Waals surface area contributed by atoms with E-state index in [0.29, 0.717) is 5.56 Å². The molecule has 0 radical (unpaired) electrons. The Bertz CT molecular complexity index is 1340. The second-order valence-electron chi connectivity index (χ2n) is 7.11. The second-order valence-corrected chi connectivity index (χ2v) is 8.09. The summed E-state index contributed by atoms with van der Waals surface area (Å²) in [5.74, 6) is -0.983. The van der Waals surface area contributed by atoms with E-state index in [1.54, 1.807) is 22.9 Å². The smallest absolute Gasteiger partial charge is 0.323 e. The lowest BCUT2D eigenvalue weighted by Crippen LogP contribution is -2.09. The average Bonchev–Trinajstić information content (AvgIpc) is 2.92. The minimum Gasteiger partial charge on any atom is -0.480 e. The number of rotatable bonds is 5. The number of hydrogen-bond donors (Lipinski definition) is 2. The summed E-state index contributed by atoms with van der Waals surface area (Å²) in [5, 5.41) is 11.2. The van der Waals surface area contributed by atoms with Crippen molar-refractivity contribution in [3.63, 3.8) is 0 Å². The highest BCUT2D eigenvalue weighted by molar-refractivity contribution is 7.71. The summed E-state index contributed by atoms with van der Waals surface area (Å²) in [6.07, 6.45) is 1.75. The molecule has 7 heteroatoms. The minimum absolute atomic E-state index is 0.0515. The highest BCUT2D eigenvalue weighted by Gasteiger charge is 2.19. The summed E-state index contributed by atoms with van der Waals surface area (Å²) < 4.78 is 24.2. The largest absolute Gasteiger partial charge is 0.480 e. The van der Waals surface area contributed by atoms with E-state index in [2.05, 4.69) is 4.98 Å². The van der Waals surface area contributed by atoms with Gasteiger partial charge in [0.1, 0.15) is 17.2 Å². The molecule has 4 aromatic rings. The molecule has 0 bridgehead atoms. The number of aromatic nitrogens is 2. The molecule has 0 spiro atoms. The molecule has 0 fully saturated rings. The molecule has 0 aliphatic rings. The van der Waals surface area contributed by atoms with Gasteiger partial charge < -0.3 is 9.67 Å². The maximum absolute atomic E-state index is 11.5. The highest BCUT2D eigenvalue weighted by Crippen LogP contribution is 2.38. The normalized spacial score (nSPS) is 11.6. The number of fused-ring (bicyclic) bond motifs is 2. The Balaban J connectivity index is 2.09. The summed E-state index contributed by atoms with van der Waals surface area (Å²) >= 11 is 0. The standard InChI is InChI=1S/C22H20N2O4S/c1-13-4-3-5-17-16(8-9-23-22(13)17)21-14(2)24(11-20(25)26)19-7-6-15(10-18(19)21)12-29(27)28/h3-10,29H,11-12H2,1-2H3,(H,25,26). The van der Waals surface area contributed by atoms with Crippen molar-refractivity contribution in [2.24, 2.45) is 0 Å². The van der Waals surface area contributed by atoms with Gasteiger partial charge in [0, 0.05) is 33.7 Å². The lowest BCUT2D eigenvalue weighted by atomic mass is 9.97. The third-order valence-corrected chi connectivity index (χ3v) is 5.86. The number of pyridine rings is 1. The molecular formula is C22H20N2O4S. The van der Waals surface area contributed by atoms with Gasteiger partial charge >= 0.3 is 5.97 Å². The maximum Gasteiger partial charge on any atom is 0.323 e. The van der Waals surface area contributed by atoms with E-state index in [0.717, 1.165) is 44.2 Å². The Kier molecular flexibility index (Phi) is 4.84. The second kappa shape index (κ2) is 7.33. The predicted molar refractivity (Wildman–Crippen MR) is 114 cm³/mol. The fourth-order valence-electron chi connectivity index (χ4n) is 4.00. The number of aryl methyl sites for hydroxylation is 1. The van der Waals surface area contributed by atoms with Gasteiger partial charge in [-0.2, -0.15) is 0 Å². The minimum atomic E-state index is -2.55. The molecule has 0 saturated carbocycles. The summed E-state index contributed by atoms with van der Waals surface area (Å²) in [5.41, 5.74) is 6.07. The number of aliphatic carboxylic acids is 1. The third kappa shape index (κ3) is 3.38. The molecule has 6 nitrogen and oxygen atoms in total. The number of nitrogens with zero attached hydrogens (tertiary/aromatic N) is 2. The molecule has 0 aliphatic carbocycles. The van der Waals surface area contributed by atoms with Gasteiger partial charge in [-0.1, -0.05) is 24.3 Å². The lowest BCUT2D eigenvalue weighted by Gasteiger charge is -2.09. The quantitative estimate of drug-likeness (QED) is 0.492. The van der Waals surface area contributed by atoms with Crippen molar-refractivity contribution in [3.8, 4) is 11.1 Å². The molecule has 0 amide bonds. The molecule has 0 unspecified atom stereocenters. The molecule has 0 atom stereocenters. The number of para-hydroxylation sites is 1. The number of carbonyl (C=O) groups is 1. The van der Waals surface area contributed by atoms with Crippen molar-refractivity contribution in [2.45, 2.75) is 26.1 Å². The monoisotopic (exact) mass is 408 g/mol. The van der Waals surface area contributed by atoms with Crippen molar-refractivity contribution < 1.29 is 18.3 Å². The van der Waals surface area contributed by atoms with Crippen LogP contribution in [0, 0.1) is 13.8 Å². The number of hydrogen-bond acceptors (Lipinski definition) is 4. The fraction of sp³-hybridized carbons (Fsp3) is 0.182. The van der Waals surface area contributed by atoms with Crippen molar-refractivity contribution in [1.29, 1.82) is 0 Å². The van der Waals surface area contributed by atoms with Crippen molar-refractivity contribution >= 4 is 38.5 Å². The van der Waals surface area contributed by atoms with Crippen LogP contribution in [0.3, 0.4) is 0 Å². The molecule has 2 heterocycles. The van der Waals surface area contributed by atoms with Crippen LogP contribution in [0.2, 0.25) is 0 Å². The van der Waals surface area contributed by atoms with Gasteiger partial charge in [0.15, 0.2) is 0 Å². The van der Waals surface area contributed by atoms with Crippen LogP contribution >= 0.6 is 0 Å². The van der Waals surface area contributed by atoms with Crippen LogP contribution in [-0.2, 0) is 27.8 Å². The van der Waals surface area contributed by atoms with Gasteiger partial charge in [-0.15, -0.1) is 0 Å². The summed E-state index contributed by atoms with van der Waals surface area (Å²) in [6, 6.07) is 13.3. The molecule has 2 aromatic heterocycles. The maximum atomic E-state index is 11.5. The molecule has 0 saturated heterocycles. The van der Waals surface area contributed by atoms with E-state index in [1.165, 1.54) is 0 Å². The summed E-state index contributed by atoms with van der Waals surface area (Å²) in [7, 11) is -2.55. The van der Waals surface area contributed by atoms with Gasteiger partial charge in [-0.3, -0.25) is 9.78 Å². The van der Waals surface area contributed by atoms with Crippen LogP contribution in [0.1, 0.15) is 16.8 Å². The van der Waals surface area contributed by atoms with Gasteiger partial charge in [-0.25, -0.2) is 8.42 Å². The summed E-state index contributed by atoms with van der Waals surface area (Å²) in [4.78, 5) is 16.0. The molecule has 4 rings (SSSR count). The van der Waals surface area contributed by atoms with Gasteiger partial charge in [0.25, 0.3) is 0 Å². The Hall–Kier alpha value is -3.19. The average molecular weight is 408 g/mol. The van der Waals surface area contributed by atoms with E-state index in [4.69, 9.17) is 0 Å². The van der Waals surface area contributed by atoms with E-state index >= 15 is 0 Å². The molecular weight excluding hydrogens is 388 g/mol. The van der Waals surface area contributed by atoms with E-state index < -0.39 is 16.7 Å². The van der Waals surface area contributed by atoms with Crippen LogP contribution in [0.25, 0.3) is 32.9 Å². The van der Waals surface area contributed by atoms with Crippen LogP contribution in [0.15, 0.2) is 48.7 Å². The van der Waals surface area contributed by atoms with Crippen molar-refractivity contribution in [2.75, 3.05) is 0 Å². The Morgan fingerprint density at radius 2 is 1.90 bits per heavy atom. The molecule has 1 N–H and O–H groups in total. The first kappa shape index (κ1) is 19.1. The van der Waals surface area contributed by atoms with Gasteiger partial charge in [0.05, 0.1) is 11.3 Å². The van der Waals surface area contributed by atoms with Gasteiger partial charge in [0.2, 0.25) is 0 Å². The number of benzene rings is 2. The number of carboxylic acid groups (broad SMARTS) is 1. The van der Waals surface area contributed by atoms with Crippen LogP contribution in [0.4, 0.5) is 0 Å². The molecule has 29 heavy (non-hydrogen) atoms. The van der Waals surface area contributed by atoms with Gasteiger partial charge in [-0.05, 0) is 48.7 Å². The van der Waals surface area contributed by atoms with E-state index in [9.17, 15) is 18.3 Å². The van der Waals surface area contributed by atoms with Crippen LogP contribution < -0.4 is 0 Å². The number of carboxylic acids is 1. The topological polar surface area (TPSA) is 89.3 Å².